The van der Waals surface area contributed by atoms with E-state index >= 15 is 0 Å². The highest BCUT2D eigenvalue weighted by molar-refractivity contribution is 5.92. The lowest BCUT2D eigenvalue weighted by Crippen LogP contribution is -2.46. The van der Waals surface area contributed by atoms with Gasteiger partial charge in [-0.1, -0.05) is 45.2 Å². The first-order chi connectivity index (χ1) is 12.1. The lowest BCUT2D eigenvalue weighted by Gasteiger charge is -2.34. The molecule has 0 aliphatic heterocycles. The number of carbonyl (C=O) groups excluding carboxylic acids is 2. The van der Waals surface area contributed by atoms with Crippen LogP contribution >= 0.6 is 0 Å². The van der Waals surface area contributed by atoms with Gasteiger partial charge >= 0.3 is 11.9 Å². The van der Waals surface area contributed by atoms with Crippen molar-refractivity contribution in [3.8, 4) is 0 Å². The maximum atomic E-state index is 12.6. The van der Waals surface area contributed by atoms with Gasteiger partial charge in [0.15, 0.2) is 0 Å². The molecule has 1 fully saturated rings. The topological polar surface area (TPSA) is 52.6 Å². The standard InChI is InChI=1S/C21H30O4/c1-3-5-16-24-20(23)21(14-7-6-8-15-21)25-19(22)18-12-10-17(9-4-2)11-13-18/h10-13H,3-9,14-16H2,1-2H3. The molecule has 1 aliphatic rings. The van der Waals surface area contributed by atoms with Crippen molar-refractivity contribution < 1.29 is 19.1 Å². The lowest BCUT2D eigenvalue weighted by atomic mass is 9.84. The van der Waals surface area contributed by atoms with E-state index in [4.69, 9.17) is 9.47 Å². The Morgan fingerprint density at radius 1 is 1.00 bits per heavy atom. The molecular formula is C21H30O4. The summed E-state index contributed by atoms with van der Waals surface area (Å²) < 4.78 is 11.1. The summed E-state index contributed by atoms with van der Waals surface area (Å²) in [5, 5.41) is 0. The van der Waals surface area contributed by atoms with Crippen LogP contribution in [0.3, 0.4) is 0 Å². The van der Waals surface area contributed by atoms with Crippen molar-refractivity contribution in [3.63, 3.8) is 0 Å². The van der Waals surface area contributed by atoms with Gasteiger partial charge in [0.1, 0.15) is 0 Å². The van der Waals surface area contributed by atoms with Gasteiger partial charge in [0, 0.05) is 0 Å². The summed E-state index contributed by atoms with van der Waals surface area (Å²) in [6.45, 7) is 4.56. The Kier molecular flexibility index (Phi) is 7.48. The monoisotopic (exact) mass is 346 g/mol. The molecule has 0 atom stereocenters. The quantitative estimate of drug-likeness (QED) is 0.499. The Hall–Kier alpha value is -1.84. The highest BCUT2D eigenvalue weighted by Gasteiger charge is 2.45. The van der Waals surface area contributed by atoms with Crippen molar-refractivity contribution in [3.05, 3.63) is 35.4 Å². The van der Waals surface area contributed by atoms with Crippen LogP contribution in [-0.2, 0) is 20.7 Å². The predicted octanol–water partition coefficient (Wildman–Crippen LogP) is 4.84. The van der Waals surface area contributed by atoms with Crippen LogP contribution in [0.4, 0.5) is 0 Å². The average Bonchev–Trinajstić information content (AvgIpc) is 2.63. The third-order valence-corrected chi connectivity index (χ3v) is 4.78. The molecule has 138 valence electrons. The van der Waals surface area contributed by atoms with Crippen molar-refractivity contribution in [2.45, 2.75) is 77.2 Å². The summed E-state index contributed by atoms with van der Waals surface area (Å²) in [5.74, 6) is -0.811. The molecule has 1 saturated carbocycles. The number of aryl methyl sites for hydroxylation is 1. The second-order valence-corrected chi connectivity index (χ2v) is 6.88. The first kappa shape index (κ1) is 19.5. The Morgan fingerprint density at radius 3 is 2.28 bits per heavy atom. The van der Waals surface area contributed by atoms with Crippen LogP contribution in [0.5, 0.6) is 0 Å². The minimum absolute atomic E-state index is 0.378. The van der Waals surface area contributed by atoms with E-state index < -0.39 is 11.6 Å². The third-order valence-electron chi connectivity index (χ3n) is 4.78. The SMILES string of the molecule is CCCCOC(=O)C1(OC(=O)c2ccc(CCC)cc2)CCCCC1. The fourth-order valence-corrected chi connectivity index (χ4v) is 3.24. The summed E-state index contributed by atoms with van der Waals surface area (Å²) in [4.78, 5) is 25.2. The first-order valence-corrected chi connectivity index (χ1v) is 9.61. The molecule has 0 saturated heterocycles. The third kappa shape index (κ3) is 5.32. The summed E-state index contributed by atoms with van der Waals surface area (Å²) in [7, 11) is 0. The van der Waals surface area contributed by atoms with Crippen molar-refractivity contribution in [1.82, 2.24) is 0 Å². The minimum atomic E-state index is -1.11. The molecule has 1 aromatic rings. The Morgan fingerprint density at radius 2 is 1.68 bits per heavy atom. The molecule has 0 N–H and O–H groups in total. The maximum Gasteiger partial charge on any atom is 0.350 e. The summed E-state index contributed by atoms with van der Waals surface area (Å²) in [6.07, 6.45) is 7.78. The van der Waals surface area contributed by atoms with E-state index in [0.717, 1.165) is 44.9 Å². The molecule has 1 aliphatic carbocycles. The van der Waals surface area contributed by atoms with Crippen LogP contribution < -0.4 is 0 Å². The first-order valence-electron chi connectivity index (χ1n) is 9.61. The Balaban J connectivity index is 2.07. The molecule has 0 heterocycles. The molecule has 0 spiro atoms. The van der Waals surface area contributed by atoms with E-state index in [1.165, 1.54) is 5.56 Å². The molecule has 4 nitrogen and oxygen atoms in total. The van der Waals surface area contributed by atoms with Crippen LogP contribution in [0.2, 0.25) is 0 Å². The average molecular weight is 346 g/mol. The van der Waals surface area contributed by atoms with Gasteiger partial charge in [0.25, 0.3) is 0 Å². The van der Waals surface area contributed by atoms with E-state index in [2.05, 4.69) is 6.92 Å². The van der Waals surface area contributed by atoms with Crippen LogP contribution in [0.25, 0.3) is 0 Å². The van der Waals surface area contributed by atoms with Crippen molar-refractivity contribution in [2.24, 2.45) is 0 Å². The second-order valence-electron chi connectivity index (χ2n) is 6.88. The minimum Gasteiger partial charge on any atom is -0.463 e. The molecule has 0 bridgehead atoms. The highest BCUT2D eigenvalue weighted by Crippen LogP contribution is 2.34. The highest BCUT2D eigenvalue weighted by atomic mass is 16.6. The number of ether oxygens (including phenoxy) is 2. The molecule has 0 aromatic heterocycles. The van der Waals surface area contributed by atoms with Gasteiger partial charge in [-0.2, -0.15) is 0 Å². The van der Waals surface area contributed by atoms with Gasteiger partial charge < -0.3 is 9.47 Å². The zero-order chi connectivity index (χ0) is 18.1. The van der Waals surface area contributed by atoms with Crippen LogP contribution in [0, 0.1) is 0 Å². The molecular weight excluding hydrogens is 316 g/mol. The maximum absolute atomic E-state index is 12.6. The zero-order valence-electron chi connectivity index (χ0n) is 15.5. The summed E-state index contributed by atoms with van der Waals surface area (Å²) >= 11 is 0. The van der Waals surface area contributed by atoms with E-state index in [1.54, 1.807) is 12.1 Å². The number of rotatable bonds is 8. The van der Waals surface area contributed by atoms with Gasteiger partial charge in [-0.15, -0.1) is 0 Å². The van der Waals surface area contributed by atoms with Crippen LogP contribution in [-0.4, -0.2) is 24.1 Å². The van der Waals surface area contributed by atoms with E-state index in [1.807, 2.05) is 19.1 Å². The van der Waals surface area contributed by atoms with Gasteiger partial charge in [-0.25, -0.2) is 9.59 Å². The van der Waals surface area contributed by atoms with Crippen molar-refractivity contribution >= 4 is 11.9 Å². The number of carbonyl (C=O) groups is 2. The van der Waals surface area contributed by atoms with Crippen LogP contribution in [0.1, 0.15) is 81.1 Å². The molecule has 4 heteroatoms. The van der Waals surface area contributed by atoms with Crippen LogP contribution in [0.15, 0.2) is 24.3 Å². The smallest absolute Gasteiger partial charge is 0.350 e. The normalized spacial score (nSPS) is 16.2. The fourth-order valence-electron chi connectivity index (χ4n) is 3.24. The molecule has 1 aromatic carbocycles. The fraction of sp³-hybridized carbons (Fsp3) is 0.619. The van der Waals surface area contributed by atoms with Gasteiger partial charge in [0.05, 0.1) is 12.2 Å². The number of esters is 2. The van der Waals surface area contributed by atoms with Gasteiger partial charge in [-0.05, 0) is 56.2 Å². The molecule has 25 heavy (non-hydrogen) atoms. The zero-order valence-corrected chi connectivity index (χ0v) is 15.5. The van der Waals surface area contributed by atoms with Crippen molar-refractivity contribution in [2.75, 3.05) is 6.61 Å². The summed E-state index contributed by atoms with van der Waals surface area (Å²) in [6, 6.07) is 7.47. The molecule has 0 unspecified atom stereocenters. The van der Waals surface area contributed by atoms with E-state index in [9.17, 15) is 9.59 Å². The van der Waals surface area contributed by atoms with Crippen molar-refractivity contribution in [1.29, 1.82) is 0 Å². The van der Waals surface area contributed by atoms with E-state index in [-0.39, 0.29) is 5.97 Å². The predicted molar refractivity (Wildman–Crippen MR) is 97.5 cm³/mol. The van der Waals surface area contributed by atoms with Gasteiger partial charge in [0.2, 0.25) is 5.60 Å². The Bertz CT molecular complexity index is 556. The van der Waals surface area contributed by atoms with E-state index in [0.29, 0.717) is 25.0 Å². The number of hydrogen-bond acceptors (Lipinski definition) is 4. The number of benzene rings is 1. The molecule has 0 radical (unpaired) electrons. The largest absolute Gasteiger partial charge is 0.463 e. The molecule has 0 amide bonds. The lowest BCUT2D eigenvalue weighted by molar-refractivity contribution is -0.169. The second kappa shape index (κ2) is 9.59. The number of hydrogen-bond donors (Lipinski definition) is 0. The summed E-state index contributed by atoms with van der Waals surface area (Å²) in [5.41, 5.74) is 0.585. The molecule has 2 rings (SSSR count). The number of unbranched alkanes of at least 4 members (excludes halogenated alkanes) is 1. The Labute approximate surface area is 150 Å². The van der Waals surface area contributed by atoms with Gasteiger partial charge in [-0.3, -0.25) is 0 Å².